The van der Waals surface area contributed by atoms with E-state index in [0.29, 0.717) is 17.3 Å². The number of aromatic nitrogens is 2. The van der Waals surface area contributed by atoms with Gasteiger partial charge in [-0.15, -0.1) is 0 Å². The van der Waals surface area contributed by atoms with E-state index in [1.54, 1.807) is 6.07 Å². The molecule has 2 heterocycles. The molecular formula is C13H11ClN4O. The predicted molar refractivity (Wildman–Crippen MR) is 73.6 cm³/mol. The first-order valence-electron chi connectivity index (χ1n) is 5.69. The molecule has 2 aromatic rings. The Hall–Kier alpha value is -2.27. The number of para-hydroxylation sites is 2. The Bertz CT molecular complexity index is 637. The number of fused-ring (bicyclic) bond motifs is 1. The number of nitrogens with zero attached hydrogens (tertiary/aromatic N) is 2. The number of anilines is 1. The molecule has 3 N–H and O–H groups in total. The third-order valence-electron chi connectivity index (χ3n) is 2.69. The summed E-state index contributed by atoms with van der Waals surface area (Å²) in [6, 6.07) is 9.34. The zero-order valence-corrected chi connectivity index (χ0v) is 10.9. The molecule has 0 saturated heterocycles. The van der Waals surface area contributed by atoms with Gasteiger partial charge in [0.1, 0.15) is 5.70 Å². The van der Waals surface area contributed by atoms with Crippen LogP contribution in [0.15, 0.2) is 36.2 Å². The highest BCUT2D eigenvalue weighted by atomic mass is 35.5. The first kappa shape index (κ1) is 11.8. The molecule has 0 unspecified atom stereocenters. The van der Waals surface area contributed by atoms with E-state index >= 15 is 0 Å². The number of rotatable bonds is 1. The van der Waals surface area contributed by atoms with Crippen molar-refractivity contribution in [3.8, 4) is 5.75 Å². The zero-order valence-electron chi connectivity index (χ0n) is 10.1. The van der Waals surface area contributed by atoms with Gasteiger partial charge < -0.3 is 15.8 Å². The fourth-order valence-corrected chi connectivity index (χ4v) is 2.05. The quantitative estimate of drug-likeness (QED) is 0.782. The zero-order chi connectivity index (χ0) is 13.4. The summed E-state index contributed by atoms with van der Waals surface area (Å²) < 4.78 is 5.64. The lowest BCUT2D eigenvalue weighted by molar-refractivity contribution is 0.458. The summed E-state index contributed by atoms with van der Waals surface area (Å²) in [7, 11) is 0. The van der Waals surface area contributed by atoms with Crippen molar-refractivity contribution in [2.45, 2.75) is 6.92 Å². The minimum Gasteiger partial charge on any atom is -0.437 e. The third kappa shape index (κ3) is 2.20. The van der Waals surface area contributed by atoms with E-state index in [1.165, 1.54) is 0 Å². The van der Waals surface area contributed by atoms with Gasteiger partial charge in [0.05, 0.1) is 11.4 Å². The van der Waals surface area contributed by atoms with Crippen molar-refractivity contribution < 1.29 is 4.74 Å². The van der Waals surface area contributed by atoms with Crippen LogP contribution >= 0.6 is 11.6 Å². The van der Waals surface area contributed by atoms with Crippen molar-refractivity contribution in [2.24, 2.45) is 5.73 Å². The molecule has 0 bridgehead atoms. The second kappa shape index (κ2) is 4.44. The molecule has 0 radical (unpaired) electrons. The normalized spacial score (nSPS) is 15.5. The van der Waals surface area contributed by atoms with Gasteiger partial charge in [0, 0.05) is 5.69 Å². The second-order valence-electron chi connectivity index (χ2n) is 4.13. The van der Waals surface area contributed by atoms with Crippen LogP contribution in [-0.2, 0) is 0 Å². The van der Waals surface area contributed by atoms with Crippen molar-refractivity contribution in [1.29, 1.82) is 0 Å². The van der Waals surface area contributed by atoms with Crippen LogP contribution < -0.4 is 15.8 Å². The van der Waals surface area contributed by atoms with Gasteiger partial charge in [0.2, 0.25) is 11.2 Å². The summed E-state index contributed by atoms with van der Waals surface area (Å²) in [6.07, 6.45) is 0. The molecule has 1 aliphatic rings. The fourth-order valence-electron chi connectivity index (χ4n) is 1.83. The van der Waals surface area contributed by atoms with Gasteiger partial charge in [0.25, 0.3) is 0 Å². The number of halogens is 1. The predicted octanol–water partition coefficient (Wildman–Crippen LogP) is 2.53. The van der Waals surface area contributed by atoms with E-state index in [-0.39, 0.29) is 5.28 Å². The van der Waals surface area contributed by atoms with Gasteiger partial charge in [-0.25, -0.2) is 9.97 Å². The molecule has 1 aliphatic heterocycles. The van der Waals surface area contributed by atoms with Crippen LogP contribution in [0, 0.1) is 6.92 Å². The maximum atomic E-state index is 6.06. The first-order valence-corrected chi connectivity index (χ1v) is 6.06. The number of nitrogens with two attached hydrogens (primary N) is 1. The number of hydrogen-bond acceptors (Lipinski definition) is 5. The Balaban J connectivity index is 2.01. The molecule has 19 heavy (non-hydrogen) atoms. The van der Waals surface area contributed by atoms with Crippen LogP contribution in [0.5, 0.6) is 5.75 Å². The smallest absolute Gasteiger partial charge is 0.223 e. The van der Waals surface area contributed by atoms with Gasteiger partial charge in [-0.3, -0.25) is 0 Å². The Labute approximate surface area is 115 Å². The minimum atomic E-state index is 0.161. The topological polar surface area (TPSA) is 73.1 Å². The molecular weight excluding hydrogens is 264 g/mol. The third-order valence-corrected chi connectivity index (χ3v) is 2.86. The average Bonchev–Trinajstić information content (AvgIpc) is 2.80. The monoisotopic (exact) mass is 274 g/mol. The van der Waals surface area contributed by atoms with Crippen LogP contribution in [0.25, 0.3) is 5.70 Å². The van der Waals surface area contributed by atoms with E-state index in [4.69, 9.17) is 22.1 Å². The molecule has 0 aliphatic carbocycles. The maximum Gasteiger partial charge on any atom is 0.223 e. The van der Waals surface area contributed by atoms with Gasteiger partial charge in [-0.05, 0) is 36.7 Å². The van der Waals surface area contributed by atoms with Gasteiger partial charge in [-0.2, -0.15) is 0 Å². The first-order chi connectivity index (χ1) is 9.13. The number of nitrogens with one attached hydrogen (secondary N) is 1. The molecule has 0 fully saturated rings. The van der Waals surface area contributed by atoms with E-state index in [2.05, 4.69) is 15.3 Å². The van der Waals surface area contributed by atoms with Gasteiger partial charge in [-0.1, -0.05) is 12.1 Å². The second-order valence-corrected chi connectivity index (χ2v) is 4.47. The summed E-state index contributed by atoms with van der Waals surface area (Å²) in [5, 5.41) is 3.26. The summed E-state index contributed by atoms with van der Waals surface area (Å²) in [4.78, 5) is 8.09. The Morgan fingerprint density at radius 2 is 2.11 bits per heavy atom. The Morgan fingerprint density at radius 3 is 2.84 bits per heavy atom. The maximum absolute atomic E-state index is 6.06. The molecule has 3 rings (SSSR count). The number of benzene rings is 1. The molecule has 0 atom stereocenters. The SMILES string of the molecule is Cc1cc(/C(N)=C2/Nc3ccccc3O2)nc(Cl)n1. The lowest BCUT2D eigenvalue weighted by atomic mass is 10.2. The van der Waals surface area contributed by atoms with Crippen molar-refractivity contribution in [2.75, 3.05) is 5.32 Å². The van der Waals surface area contributed by atoms with Crippen molar-refractivity contribution in [1.82, 2.24) is 9.97 Å². The van der Waals surface area contributed by atoms with Gasteiger partial charge in [0.15, 0.2) is 5.75 Å². The standard InChI is InChI=1S/C13H11ClN4O/c1-7-6-9(18-13(14)16-7)11(15)12-17-8-4-2-3-5-10(8)19-12/h2-6,17H,15H2,1H3/b12-11+. The minimum absolute atomic E-state index is 0.161. The molecule has 0 saturated carbocycles. The molecule has 0 amide bonds. The van der Waals surface area contributed by atoms with Crippen molar-refractivity contribution in [3.05, 3.63) is 52.9 Å². The molecule has 1 aromatic carbocycles. The largest absolute Gasteiger partial charge is 0.437 e. The van der Waals surface area contributed by atoms with Crippen molar-refractivity contribution >= 4 is 23.0 Å². The molecule has 96 valence electrons. The molecule has 0 spiro atoms. The van der Waals surface area contributed by atoms with E-state index < -0.39 is 0 Å². The lowest BCUT2D eigenvalue weighted by Gasteiger charge is -2.06. The van der Waals surface area contributed by atoms with Crippen LogP contribution in [0.2, 0.25) is 5.28 Å². The Morgan fingerprint density at radius 1 is 1.32 bits per heavy atom. The fraction of sp³-hybridized carbons (Fsp3) is 0.0769. The molecule has 6 heteroatoms. The number of aryl methyl sites for hydroxylation is 1. The highest BCUT2D eigenvalue weighted by molar-refractivity contribution is 6.28. The summed E-state index contributed by atoms with van der Waals surface area (Å²) >= 11 is 5.83. The van der Waals surface area contributed by atoms with E-state index in [9.17, 15) is 0 Å². The Kier molecular flexibility index (Phi) is 2.76. The highest BCUT2D eigenvalue weighted by Crippen LogP contribution is 2.34. The van der Waals surface area contributed by atoms with Crippen LogP contribution in [0.1, 0.15) is 11.4 Å². The summed E-state index contributed by atoms with van der Waals surface area (Å²) in [5.74, 6) is 1.19. The lowest BCUT2D eigenvalue weighted by Crippen LogP contribution is -2.11. The summed E-state index contributed by atoms with van der Waals surface area (Å²) in [6.45, 7) is 1.83. The van der Waals surface area contributed by atoms with E-state index in [0.717, 1.165) is 17.1 Å². The number of hydrogen-bond donors (Lipinski definition) is 2. The molecule has 5 nitrogen and oxygen atoms in total. The number of ether oxygens (including phenoxy) is 1. The highest BCUT2D eigenvalue weighted by Gasteiger charge is 2.20. The van der Waals surface area contributed by atoms with Crippen molar-refractivity contribution in [3.63, 3.8) is 0 Å². The van der Waals surface area contributed by atoms with E-state index in [1.807, 2.05) is 31.2 Å². The average molecular weight is 275 g/mol. The van der Waals surface area contributed by atoms with Crippen LogP contribution in [0.3, 0.4) is 0 Å². The molecule has 1 aromatic heterocycles. The van der Waals surface area contributed by atoms with Crippen LogP contribution in [-0.4, -0.2) is 9.97 Å². The van der Waals surface area contributed by atoms with Gasteiger partial charge >= 0.3 is 0 Å². The van der Waals surface area contributed by atoms with Crippen LogP contribution in [0.4, 0.5) is 5.69 Å². The summed E-state index contributed by atoms with van der Waals surface area (Å²) in [5.41, 5.74) is 8.60.